The second-order valence-electron chi connectivity index (χ2n) is 10.9. The van der Waals surface area contributed by atoms with Crippen molar-refractivity contribution in [2.75, 3.05) is 5.32 Å². The molecule has 0 bridgehead atoms. The summed E-state index contributed by atoms with van der Waals surface area (Å²) < 4.78 is 1.93. The smallest absolute Gasteiger partial charge is 0.255 e. The van der Waals surface area contributed by atoms with Gasteiger partial charge in [-0.15, -0.1) is 5.10 Å². The number of imide groups is 1. The van der Waals surface area contributed by atoms with Gasteiger partial charge >= 0.3 is 0 Å². The fraction of sp³-hybridized carbons (Fsp3) is 0.367. The number of tetrazole rings is 1. The van der Waals surface area contributed by atoms with Crippen LogP contribution in [0.1, 0.15) is 83.5 Å². The lowest BCUT2D eigenvalue weighted by Crippen LogP contribution is -2.52. The molecule has 2 fully saturated rings. The molecule has 3 N–H and O–H groups in total. The number of aromatic nitrogens is 4. The molecule has 42 heavy (non-hydrogen) atoms. The minimum absolute atomic E-state index is 0.198. The molecular weight excluding hydrogens is 536 g/mol. The first-order valence-electron chi connectivity index (χ1n) is 14.2. The van der Waals surface area contributed by atoms with Crippen LogP contribution in [0.15, 0.2) is 55.1 Å². The van der Waals surface area contributed by atoms with Crippen LogP contribution in [0.5, 0.6) is 0 Å². The molecule has 3 aromatic rings. The zero-order chi connectivity index (χ0) is 29.2. The van der Waals surface area contributed by atoms with Crippen molar-refractivity contribution in [1.82, 2.24) is 35.7 Å². The van der Waals surface area contributed by atoms with Crippen molar-refractivity contribution >= 4 is 29.3 Å². The minimum atomic E-state index is -0.651. The van der Waals surface area contributed by atoms with E-state index in [0.29, 0.717) is 36.6 Å². The highest BCUT2D eigenvalue weighted by atomic mass is 16.2. The van der Waals surface area contributed by atoms with Gasteiger partial charge in [0.25, 0.3) is 5.91 Å². The highest BCUT2D eigenvalue weighted by molar-refractivity contribution is 6.05. The van der Waals surface area contributed by atoms with Gasteiger partial charge in [-0.3, -0.25) is 29.8 Å². The Morgan fingerprint density at radius 3 is 2.62 bits per heavy atom. The Labute approximate surface area is 242 Å². The van der Waals surface area contributed by atoms with Crippen LogP contribution in [0.4, 0.5) is 5.69 Å². The number of anilines is 1. The number of hydrogen-bond donors (Lipinski definition) is 3. The monoisotopic (exact) mass is 568 g/mol. The van der Waals surface area contributed by atoms with Crippen molar-refractivity contribution in [2.24, 2.45) is 0 Å². The van der Waals surface area contributed by atoms with Crippen LogP contribution < -0.4 is 16.0 Å². The summed E-state index contributed by atoms with van der Waals surface area (Å²) in [4.78, 5) is 50.4. The second-order valence-corrected chi connectivity index (χ2v) is 10.9. The lowest BCUT2D eigenvalue weighted by Gasteiger charge is -2.29. The molecule has 216 valence electrons. The largest absolute Gasteiger partial charge is 0.323 e. The molecule has 4 amide bonds. The van der Waals surface area contributed by atoms with E-state index in [1.807, 2.05) is 41.1 Å². The lowest BCUT2D eigenvalue weighted by molar-refractivity contribution is -0.136. The maximum Gasteiger partial charge on any atom is 0.255 e. The van der Waals surface area contributed by atoms with Gasteiger partial charge in [0, 0.05) is 30.8 Å². The van der Waals surface area contributed by atoms with E-state index in [0.717, 1.165) is 42.4 Å². The third kappa shape index (κ3) is 5.45. The van der Waals surface area contributed by atoms with Crippen LogP contribution in [-0.4, -0.2) is 54.8 Å². The molecule has 0 spiro atoms. The summed E-state index contributed by atoms with van der Waals surface area (Å²) >= 11 is 0. The SMILES string of the molecule is C=CC(=O)Nc1ccc(C(NCc2ccc3c(c2)CN(C2CCC(=O)NC2=O)C3=O)c2nnnn2C2CCCC2)cc1. The Hall–Kier alpha value is -4.71. The molecule has 12 nitrogen and oxygen atoms in total. The van der Waals surface area contributed by atoms with E-state index < -0.39 is 11.9 Å². The number of piperidine rings is 1. The minimum Gasteiger partial charge on any atom is -0.323 e. The number of carbonyl (C=O) groups is 4. The molecular formula is C30H32N8O4. The van der Waals surface area contributed by atoms with E-state index in [1.165, 1.54) is 6.08 Å². The summed E-state index contributed by atoms with van der Waals surface area (Å²) in [6.07, 6.45) is 6.11. The first kappa shape index (κ1) is 27.5. The third-order valence-electron chi connectivity index (χ3n) is 8.24. The second kappa shape index (κ2) is 11.6. The Morgan fingerprint density at radius 1 is 1.10 bits per heavy atom. The van der Waals surface area contributed by atoms with Crippen molar-refractivity contribution in [3.63, 3.8) is 0 Å². The van der Waals surface area contributed by atoms with Crippen molar-refractivity contribution < 1.29 is 19.2 Å². The zero-order valence-electron chi connectivity index (χ0n) is 23.1. The summed E-state index contributed by atoms with van der Waals surface area (Å²) in [6, 6.07) is 12.5. The number of hydrogen-bond acceptors (Lipinski definition) is 8. The number of nitrogens with zero attached hydrogens (tertiary/aromatic N) is 5. The average Bonchev–Trinajstić information content (AvgIpc) is 3.75. The van der Waals surface area contributed by atoms with Gasteiger partial charge in [-0.25, -0.2) is 4.68 Å². The fourth-order valence-electron chi connectivity index (χ4n) is 6.07. The number of carbonyl (C=O) groups excluding carboxylic acids is 4. The first-order chi connectivity index (χ1) is 20.4. The number of amides is 4. The lowest BCUT2D eigenvalue weighted by atomic mass is 10.0. The third-order valence-corrected chi connectivity index (χ3v) is 8.24. The molecule has 6 rings (SSSR count). The van der Waals surface area contributed by atoms with Gasteiger partial charge < -0.3 is 10.2 Å². The number of rotatable bonds is 9. The number of fused-ring (bicyclic) bond motifs is 1. The summed E-state index contributed by atoms with van der Waals surface area (Å²) in [7, 11) is 0. The van der Waals surface area contributed by atoms with E-state index in [2.05, 4.69) is 38.1 Å². The average molecular weight is 569 g/mol. The quantitative estimate of drug-likeness (QED) is 0.263. The van der Waals surface area contributed by atoms with Gasteiger partial charge in [0.05, 0.1) is 12.1 Å². The fourth-order valence-corrected chi connectivity index (χ4v) is 6.07. The van der Waals surface area contributed by atoms with Gasteiger partial charge in [-0.1, -0.05) is 43.7 Å². The predicted octanol–water partition coefficient (Wildman–Crippen LogP) is 2.55. The van der Waals surface area contributed by atoms with Crippen LogP contribution >= 0.6 is 0 Å². The van der Waals surface area contributed by atoms with Crippen molar-refractivity contribution in [1.29, 1.82) is 0 Å². The Kier molecular flexibility index (Phi) is 7.62. The molecule has 1 saturated carbocycles. The van der Waals surface area contributed by atoms with Gasteiger partial charge in [0.1, 0.15) is 6.04 Å². The molecule has 3 heterocycles. The zero-order valence-corrected chi connectivity index (χ0v) is 23.1. The summed E-state index contributed by atoms with van der Waals surface area (Å²) in [6.45, 7) is 4.28. The van der Waals surface area contributed by atoms with E-state index in [9.17, 15) is 19.2 Å². The molecule has 2 aromatic carbocycles. The van der Waals surface area contributed by atoms with Crippen LogP contribution in [0, 0.1) is 0 Å². The standard InChI is InChI=1S/C30H32N8O4/c1-2-25(39)32-21-10-8-19(9-11-21)27(28-34-35-36-38(28)22-5-3-4-6-22)31-16-18-7-12-23-20(15-18)17-37(30(23)42)24-13-14-26(40)33-29(24)41/h2,7-12,15,22,24,27,31H,1,3-6,13-14,16-17H2,(H,32,39)(H,33,40,41). The van der Waals surface area contributed by atoms with Crippen LogP contribution in [0.25, 0.3) is 0 Å². The maximum atomic E-state index is 13.1. The van der Waals surface area contributed by atoms with Crippen LogP contribution in [0.3, 0.4) is 0 Å². The first-order valence-corrected chi connectivity index (χ1v) is 14.2. The van der Waals surface area contributed by atoms with Gasteiger partial charge in [0.2, 0.25) is 17.7 Å². The number of nitrogens with one attached hydrogen (secondary N) is 3. The predicted molar refractivity (Wildman–Crippen MR) is 152 cm³/mol. The molecule has 1 aliphatic carbocycles. The summed E-state index contributed by atoms with van der Waals surface area (Å²) in [5.74, 6) is -0.499. The van der Waals surface area contributed by atoms with E-state index in [-0.39, 0.29) is 36.2 Å². The Morgan fingerprint density at radius 2 is 1.88 bits per heavy atom. The Bertz CT molecular complexity index is 1540. The molecule has 2 unspecified atom stereocenters. The highest BCUT2D eigenvalue weighted by Crippen LogP contribution is 2.33. The van der Waals surface area contributed by atoms with E-state index >= 15 is 0 Å². The molecule has 1 saturated heterocycles. The van der Waals surface area contributed by atoms with Crippen LogP contribution in [-0.2, 0) is 27.5 Å². The molecule has 2 aliphatic heterocycles. The normalized spacial score (nSPS) is 19.5. The maximum absolute atomic E-state index is 13.1. The molecule has 2 atom stereocenters. The molecule has 12 heteroatoms. The Balaban J connectivity index is 1.22. The summed E-state index contributed by atoms with van der Waals surface area (Å²) in [5, 5.41) is 21.5. The summed E-state index contributed by atoms with van der Waals surface area (Å²) in [5.41, 5.74) is 3.97. The molecule has 0 radical (unpaired) electrons. The molecule has 3 aliphatic rings. The van der Waals surface area contributed by atoms with Crippen molar-refractivity contribution in [3.8, 4) is 0 Å². The van der Waals surface area contributed by atoms with Gasteiger partial charge in [-0.2, -0.15) is 0 Å². The van der Waals surface area contributed by atoms with Gasteiger partial charge in [-0.05, 0) is 70.7 Å². The highest BCUT2D eigenvalue weighted by Gasteiger charge is 2.39. The topological polar surface area (TPSA) is 151 Å². The molecule has 1 aromatic heterocycles. The van der Waals surface area contributed by atoms with E-state index in [4.69, 9.17) is 0 Å². The van der Waals surface area contributed by atoms with E-state index in [1.54, 1.807) is 11.0 Å². The van der Waals surface area contributed by atoms with Crippen molar-refractivity contribution in [3.05, 3.63) is 83.2 Å². The van der Waals surface area contributed by atoms with Crippen molar-refractivity contribution in [2.45, 2.75) is 69.7 Å². The van der Waals surface area contributed by atoms with Crippen LogP contribution in [0.2, 0.25) is 0 Å². The van der Waals surface area contributed by atoms with Gasteiger partial charge in [0.15, 0.2) is 5.82 Å². The number of benzene rings is 2.